The maximum absolute atomic E-state index is 2.37. The summed E-state index contributed by atoms with van der Waals surface area (Å²) in [5.74, 6) is 1.03. The van der Waals surface area contributed by atoms with Crippen LogP contribution in [0.4, 0.5) is 0 Å². The summed E-state index contributed by atoms with van der Waals surface area (Å²) in [7, 11) is 0. The van der Waals surface area contributed by atoms with Gasteiger partial charge in [0.2, 0.25) is 0 Å². The third kappa shape index (κ3) is 1.34. The van der Waals surface area contributed by atoms with Crippen LogP contribution in [-0.2, 0) is 5.41 Å². The maximum atomic E-state index is 2.37. The molecule has 0 aromatic heterocycles. The summed E-state index contributed by atoms with van der Waals surface area (Å²) in [5.41, 5.74) is 6.83. The van der Waals surface area contributed by atoms with Crippen molar-refractivity contribution < 1.29 is 0 Å². The molecule has 0 saturated heterocycles. The van der Waals surface area contributed by atoms with Crippen molar-refractivity contribution in [2.24, 2.45) is 5.92 Å². The Morgan fingerprint density at radius 1 is 1.00 bits per heavy atom. The molecule has 1 aromatic rings. The Kier molecular flexibility index (Phi) is 1.81. The van der Waals surface area contributed by atoms with Crippen LogP contribution in [0.2, 0.25) is 0 Å². The van der Waals surface area contributed by atoms with Crippen molar-refractivity contribution in [3.05, 3.63) is 34.4 Å². The predicted molar refractivity (Wildman–Crippen MR) is 64.3 cm³/mol. The Balaban J connectivity index is 2.11. The van der Waals surface area contributed by atoms with Gasteiger partial charge in [0.15, 0.2) is 0 Å². The third-order valence-corrected chi connectivity index (χ3v) is 4.32. The van der Waals surface area contributed by atoms with Crippen LogP contribution in [0, 0.1) is 26.7 Å². The summed E-state index contributed by atoms with van der Waals surface area (Å²) in [5, 5.41) is 0. The fourth-order valence-corrected chi connectivity index (χ4v) is 3.60. The molecule has 0 amide bonds. The minimum absolute atomic E-state index is 0.627. The van der Waals surface area contributed by atoms with Gasteiger partial charge in [-0.25, -0.2) is 0 Å². The van der Waals surface area contributed by atoms with Crippen molar-refractivity contribution in [1.29, 1.82) is 0 Å². The Bertz CT molecular complexity index is 383. The highest BCUT2D eigenvalue weighted by atomic mass is 14.6. The minimum atomic E-state index is 0.627. The lowest BCUT2D eigenvalue weighted by Crippen LogP contribution is -2.13. The molecule has 0 heteroatoms. The molecule has 2 aliphatic carbocycles. The second kappa shape index (κ2) is 2.87. The van der Waals surface area contributed by atoms with Gasteiger partial charge in [0.25, 0.3) is 0 Å². The lowest BCUT2D eigenvalue weighted by molar-refractivity contribution is 0.589. The monoisotopic (exact) mass is 200 g/mol. The number of rotatable bonds is 2. The van der Waals surface area contributed by atoms with Crippen molar-refractivity contribution in [1.82, 2.24) is 0 Å². The molecule has 0 unspecified atom stereocenters. The van der Waals surface area contributed by atoms with Crippen LogP contribution in [0.5, 0.6) is 0 Å². The average Bonchev–Trinajstić information content (AvgIpc) is 2.97. The molecule has 0 spiro atoms. The Morgan fingerprint density at radius 2 is 1.53 bits per heavy atom. The first kappa shape index (κ1) is 9.45. The second-order valence-electron chi connectivity index (χ2n) is 5.70. The van der Waals surface area contributed by atoms with Crippen molar-refractivity contribution in [2.45, 2.75) is 51.9 Å². The lowest BCUT2D eigenvalue weighted by Gasteiger charge is -2.21. The lowest BCUT2D eigenvalue weighted by atomic mass is 9.83. The number of hydrogen-bond donors (Lipinski definition) is 0. The topological polar surface area (TPSA) is 0 Å². The average molecular weight is 200 g/mol. The number of benzene rings is 1. The normalized spacial score (nSPS) is 22.9. The molecule has 2 fully saturated rings. The zero-order valence-corrected chi connectivity index (χ0v) is 10.1. The highest BCUT2D eigenvalue weighted by Gasteiger charge is 2.55. The molecule has 2 aliphatic rings. The third-order valence-electron chi connectivity index (χ3n) is 4.32. The first-order valence-electron chi connectivity index (χ1n) is 6.22. The fraction of sp³-hybridized carbons (Fsp3) is 0.600. The van der Waals surface area contributed by atoms with Gasteiger partial charge >= 0.3 is 0 Å². The summed E-state index contributed by atoms with van der Waals surface area (Å²) in [6.45, 7) is 6.82. The van der Waals surface area contributed by atoms with E-state index >= 15 is 0 Å². The van der Waals surface area contributed by atoms with Crippen LogP contribution in [0.3, 0.4) is 0 Å². The van der Waals surface area contributed by atoms with Crippen LogP contribution in [-0.4, -0.2) is 0 Å². The Hall–Kier alpha value is -0.780. The van der Waals surface area contributed by atoms with Gasteiger partial charge in [-0.15, -0.1) is 0 Å². The molecule has 0 heterocycles. The van der Waals surface area contributed by atoms with Gasteiger partial charge in [0.1, 0.15) is 0 Å². The first-order chi connectivity index (χ1) is 7.13. The number of hydrogen-bond acceptors (Lipinski definition) is 0. The summed E-state index contributed by atoms with van der Waals surface area (Å²) in [6, 6.07) is 4.73. The van der Waals surface area contributed by atoms with E-state index < -0.39 is 0 Å². The molecule has 0 radical (unpaired) electrons. The van der Waals surface area contributed by atoms with Gasteiger partial charge in [0, 0.05) is 0 Å². The molecule has 2 saturated carbocycles. The van der Waals surface area contributed by atoms with E-state index in [2.05, 4.69) is 32.9 Å². The highest BCUT2D eigenvalue weighted by molar-refractivity contribution is 5.47. The zero-order valence-electron chi connectivity index (χ0n) is 10.1. The maximum Gasteiger partial charge on any atom is -0.00129 e. The van der Waals surface area contributed by atoms with E-state index in [4.69, 9.17) is 0 Å². The van der Waals surface area contributed by atoms with Gasteiger partial charge < -0.3 is 0 Å². The van der Waals surface area contributed by atoms with Crippen molar-refractivity contribution in [2.75, 3.05) is 0 Å². The molecular formula is C15H20. The van der Waals surface area contributed by atoms with E-state index in [1.807, 2.05) is 0 Å². The van der Waals surface area contributed by atoms with E-state index in [0.29, 0.717) is 5.41 Å². The highest BCUT2D eigenvalue weighted by Crippen LogP contribution is 2.63. The molecular weight excluding hydrogens is 180 g/mol. The van der Waals surface area contributed by atoms with Gasteiger partial charge in [-0.1, -0.05) is 17.7 Å². The van der Waals surface area contributed by atoms with Crippen molar-refractivity contribution in [3.8, 4) is 0 Å². The van der Waals surface area contributed by atoms with Gasteiger partial charge in [0.05, 0.1) is 0 Å². The van der Waals surface area contributed by atoms with Crippen LogP contribution < -0.4 is 0 Å². The second-order valence-corrected chi connectivity index (χ2v) is 5.70. The van der Waals surface area contributed by atoms with Crippen molar-refractivity contribution >= 4 is 0 Å². The fourth-order valence-electron chi connectivity index (χ4n) is 3.60. The molecule has 1 aromatic carbocycles. The summed E-state index contributed by atoms with van der Waals surface area (Å²) in [4.78, 5) is 0. The van der Waals surface area contributed by atoms with Gasteiger partial charge in [-0.3, -0.25) is 0 Å². The molecule has 0 N–H and O–H groups in total. The van der Waals surface area contributed by atoms with Crippen LogP contribution in [0.15, 0.2) is 12.1 Å². The Morgan fingerprint density at radius 3 is 1.93 bits per heavy atom. The van der Waals surface area contributed by atoms with Crippen LogP contribution >= 0.6 is 0 Å². The van der Waals surface area contributed by atoms with Crippen LogP contribution in [0.25, 0.3) is 0 Å². The van der Waals surface area contributed by atoms with E-state index in [1.165, 1.54) is 42.4 Å². The first-order valence-corrected chi connectivity index (χ1v) is 6.22. The summed E-state index contributed by atoms with van der Waals surface area (Å²) < 4.78 is 0. The van der Waals surface area contributed by atoms with E-state index in [9.17, 15) is 0 Å². The van der Waals surface area contributed by atoms with Crippen LogP contribution in [0.1, 0.15) is 47.9 Å². The molecule has 80 valence electrons. The summed E-state index contributed by atoms with van der Waals surface area (Å²) >= 11 is 0. The molecule has 0 aliphatic heterocycles. The van der Waals surface area contributed by atoms with Gasteiger partial charge in [-0.05, 0) is 74.5 Å². The largest absolute Gasteiger partial charge is 0.0561 e. The van der Waals surface area contributed by atoms with E-state index in [0.717, 1.165) is 5.92 Å². The predicted octanol–water partition coefficient (Wildman–Crippen LogP) is 4.05. The number of aryl methyl sites for hydroxylation is 3. The summed E-state index contributed by atoms with van der Waals surface area (Å²) in [6.07, 6.45) is 5.85. The Labute approximate surface area is 92.7 Å². The van der Waals surface area contributed by atoms with E-state index in [1.54, 1.807) is 5.56 Å². The smallest absolute Gasteiger partial charge is 0.00129 e. The molecule has 3 rings (SSSR count). The minimum Gasteiger partial charge on any atom is -0.0561 e. The molecule has 0 atom stereocenters. The van der Waals surface area contributed by atoms with Gasteiger partial charge in [-0.2, -0.15) is 0 Å². The molecule has 0 bridgehead atoms. The quantitative estimate of drug-likeness (QED) is 0.675. The van der Waals surface area contributed by atoms with E-state index in [-0.39, 0.29) is 0 Å². The SMILES string of the molecule is Cc1cc(C)c(C2(C3CC3)CC2)c(C)c1. The van der Waals surface area contributed by atoms with Crippen molar-refractivity contribution in [3.63, 3.8) is 0 Å². The molecule has 15 heavy (non-hydrogen) atoms. The molecule has 0 nitrogen and oxygen atoms in total. The zero-order chi connectivity index (χ0) is 10.6. The standard InChI is InChI=1S/C15H20/c1-10-8-11(2)14(12(3)9-10)15(6-7-15)13-4-5-13/h8-9,13H,4-7H2,1-3H3.